The predicted molar refractivity (Wildman–Crippen MR) is 93.1 cm³/mol. The fraction of sp³-hybridized carbons (Fsp3) is 0.350. The van der Waals surface area contributed by atoms with Gasteiger partial charge in [-0.25, -0.2) is 0 Å². The Morgan fingerprint density at radius 1 is 0.957 bits per heavy atom. The van der Waals surface area contributed by atoms with Crippen molar-refractivity contribution in [2.45, 2.75) is 38.3 Å². The summed E-state index contributed by atoms with van der Waals surface area (Å²) in [5.74, 6) is 0.205. The monoisotopic (exact) mass is 311 g/mol. The molecule has 0 saturated carbocycles. The molecule has 0 saturated heterocycles. The second kappa shape index (κ2) is 7.93. The van der Waals surface area contributed by atoms with Crippen molar-refractivity contribution in [3.63, 3.8) is 0 Å². The van der Waals surface area contributed by atoms with Gasteiger partial charge in [0.1, 0.15) is 0 Å². The van der Waals surface area contributed by atoms with E-state index in [1.165, 1.54) is 0 Å². The Kier molecular flexibility index (Phi) is 5.94. The van der Waals surface area contributed by atoms with E-state index in [0.29, 0.717) is 6.42 Å². The average Bonchev–Trinajstić information content (AvgIpc) is 2.61. The third-order valence-corrected chi connectivity index (χ3v) is 4.45. The fourth-order valence-electron chi connectivity index (χ4n) is 2.67. The van der Waals surface area contributed by atoms with E-state index in [-0.39, 0.29) is 17.9 Å². The molecule has 1 N–H and O–H groups in total. The van der Waals surface area contributed by atoms with Gasteiger partial charge in [-0.1, -0.05) is 67.6 Å². The first-order valence-electron chi connectivity index (χ1n) is 8.04. The maximum atomic E-state index is 12.5. The third-order valence-electron chi connectivity index (χ3n) is 4.45. The van der Waals surface area contributed by atoms with Gasteiger partial charge in [0.2, 0.25) is 5.91 Å². The highest BCUT2D eigenvalue weighted by atomic mass is 16.3. The van der Waals surface area contributed by atoms with Gasteiger partial charge in [0, 0.05) is 13.5 Å². The van der Waals surface area contributed by atoms with E-state index < -0.39 is 6.10 Å². The zero-order valence-corrected chi connectivity index (χ0v) is 14.0. The summed E-state index contributed by atoms with van der Waals surface area (Å²) in [4.78, 5) is 14.2. The molecule has 0 fully saturated rings. The summed E-state index contributed by atoms with van der Waals surface area (Å²) in [7, 11) is 1.76. The van der Waals surface area contributed by atoms with Crippen molar-refractivity contribution in [3.05, 3.63) is 71.8 Å². The summed E-state index contributed by atoms with van der Waals surface area (Å²) >= 11 is 0. The zero-order valence-electron chi connectivity index (χ0n) is 14.0. The molecular formula is C20H25NO2. The Balaban J connectivity index is 1.99. The van der Waals surface area contributed by atoms with Crippen molar-refractivity contribution in [2.24, 2.45) is 0 Å². The molecule has 0 unspecified atom stereocenters. The van der Waals surface area contributed by atoms with E-state index in [0.717, 1.165) is 11.1 Å². The molecule has 3 atom stereocenters. The molecule has 3 heteroatoms. The van der Waals surface area contributed by atoms with Crippen molar-refractivity contribution >= 4 is 5.91 Å². The zero-order chi connectivity index (χ0) is 16.8. The van der Waals surface area contributed by atoms with Gasteiger partial charge in [-0.05, 0) is 24.0 Å². The molecule has 0 aliphatic rings. The van der Waals surface area contributed by atoms with Crippen LogP contribution < -0.4 is 0 Å². The molecule has 0 bridgehead atoms. The number of nitrogens with zero attached hydrogens (tertiary/aromatic N) is 1. The minimum atomic E-state index is -0.683. The van der Waals surface area contributed by atoms with Gasteiger partial charge < -0.3 is 10.0 Å². The topological polar surface area (TPSA) is 40.5 Å². The van der Waals surface area contributed by atoms with Crippen molar-refractivity contribution in [3.8, 4) is 0 Å². The van der Waals surface area contributed by atoms with Gasteiger partial charge in [-0.15, -0.1) is 0 Å². The molecule has 2 rings (SSSR count). The molecule has 0 spiro atoms. The van der Waals surface area contributed by atoms with E-state index in [9.17, 15) is 9.90 Å². The lowest BCUT2D eigenvalue weighted by Crippen LogP contribution is -2.39. The van der Waals surface area contributed by atoms with Gasteiger partial charge in [-0.3, -0.25) is 4.79 Å². The van der Waals surface area contributed by atoms with Gasteiger partial charge in [0.25, 0.3) is 0 Å². The number of carbonyl (C=O) groups excluding carboxylic acids is 1. The van der Waals surface area contributed by atoms with Crippen LogP contribution in [-0.2, 0) is 4.79 Å². The summed E-state index contributed by atoms with van der Waals surface area (Å²) in [6.07, 6.45) is -0.246. The minimum Gasteiger partial charge on any atom is -0.386 e. The number of benzene rings is 2. The Morgan fingerprint density at radius 3 is 1.96 bits per heavy atom. The first-order valence-corrected chi connectivity index (χ1v) is 8.04. The van der Waals surface area contributed by atoms with E-state index in [4.69, 9.17) is 0 Å². The second-order valence-electron chi connectivity index (χ2n) is 6.12. The maximum absolute atomic E-state index is 12.5. The van der Waals surface area contributed by atoms with Gasteiger partial charge in [0.15, 0.2) is 0 Å². The number of hydrogen-bond donors (Lipinski definition) is 1. The van der Waals surface area contributed by atoms with E-state index in [1.807, 2.05) is 67.6 Å². The van der Waals surface area contributed by atoms with Crippen LogP contribution in [0.2, 0.25) is 0 Å². The van der Waals surface area contributed by atoms with Crippen LogP contribution in [0.15, 0.2) is 60.7 Å². The molecule has 0 radical (unpaired) electrons. The lowest BCUT2D eigenvalue weighted by Gasteiger charge is -2.30. The van der Waals surface area contributed by atoms with Crippen molar-refractivity contribution in [1.29, 1.82) is 0 Å². The first kappa shape index (κ1) is 17.2. The van der Waals surface area contributed by atoms with E-state index in [1.54, 1.807) is 11.9 Å². The SMILES string of the molecule is C[C@H](CC(=O)N(C)[C@@H](C)[C@@H](O)c1ccccc1)c1ccccc1. The fourth-order valence-corrected chi connectivity index (χ4v) is 2.67. The highest BCUT2D eigenvalue weighted by molar-refractivity contribution is 5.77. The average molecular weight is 311 g/mol. The first-order chi connectivity index (χ1) is 11.0. The molecule has 0 aliphatic carbocycles. The molecule has 2 aromatic carbocycles. The summed E-state index contributed by atoms with van der Waals surface area (Å²) in [5, 5.41) is 10.5. The van der Waals surface area contributed by atoms with E-state index in [2.05, 4.69) is 6.92 Å². The van der Waals surface area contributed by atoms with Crippen molar-refractivity contribution in [1.82, 2.24) is 4.90 Å². The number of rotatable bonds is 6. The third kappa shape index (κ3) is 4.42. The van der Waals surface area contributed by atoms with Crippen molar-refractivity contribution < 1.29 is 9.90 Å². The molecule has 0 aliphatic heterocycles. The summed E-state index contributed by atoms with van der Waals surface area (Å²) in [6.45, 7) is 3.93. The minimum absolute atomic E-state index is 0.0452. The lowest BCUT2D eigenvalue weighted by molar-refractivity contribution is -0.134. The highest BCUT2D eigenvalue weighted by Gasteiger charge is 2.25. The largest absolute Gasteiger partial charge is 0.386 e. The van der Waals surface area contributed by atoms with Crippen LogP contribution in [0.4, 0.5) is 0 Å². The van der Waals surface area contributed by atoms with Crippen molar-refractivity contribution in [2.75, 3.05) is 7.05 Å². The number of carbonyl (C=O) groups is 1. The van der Waals surface area contributed by atoms with Gasteiger partial charge in [-0.2, -0.15) is 0 Å². The normalized spacial score (nSPS) is 14.8. The number of amides is 1. The number of aliphatic hydroxyl groups is 1. The van der Waals surface area contributed by atoms with Crippen LogP contribution in [-0.4, -0.2) is 29.0 Å². The summed E-state index contributed by atoms with van der Waals surface area (Å²) < 4.78 is 0. The Bertz CT molecular complexity index is 612. The Hall–Kier alpha value is -2.13. The number of aliphatic hydroxyl groups excluding tert-OH is 1. The maximum Gasteiger partial charge on any atom is 0.223 e. The Morgan fingerprint density at radius 2 is 1.43 bits per heavy atom. The Labute approximate surface area is 138 Å². The van der Waals surface area contributed by atoms with E-state index >= 15 is 0 Å². The smallest absolute Gasteiger partial charge is 0.223 e. The summed E-state index contributed by atoms with van der Waals surface area (Å²) in [6, 6.07) is 19.2. The van der Waals surface area contributed by atoms with Crippen LogP contribution in [0, 0.1) is 0 Å². The molecule has 0 aromatic heterocycles. The molecule has 0 heterocycles. The molecule has 1 amide bonds. The van der Waals surface area contributed by atoms with Gasteiger partial charge in [0.05, 0.1) is 12.1 Å². The van der Waals surface area contributed by atoms with Gasteiger partial charge >= 0.3 is 0 Å². The standard InChI is InChI=1S/C20H25NO2/c1-15(17-10-6-4-7-11-17)14-19(22)21(3)16(2)20(23)18-12-8-5-9-13-18/h4-13,15-16,20,23H,14H2,1-3H3/t15-,16+,20-/m1/s1. The van der Waals surface area contributed by atoms with Crippen LogP contribution >= 0.6 is 0 Å². The van der Waals surface area contributed by atoms with Crippen LogP contribution in [0.5, 0.6) is 0 Å². The quantitative estimate of drug-likeness (QED) is 0.882. The molecule has 122 valence electrons. The molecule has 23 heavy (non-hydrogen) atoms. The molecule has 2 aromatic rings. The van der Waals surface area contributed by atoms with Crippen LogP contribution in [0.3, 0.4) is 0 Å². The molecular weight excluding hydrogens is 286 g/mol. The molecule has 3 nitrogen and oxygen atoms in total. The second-order valence-corrected chi connectivity index (χ2v) is 6.12. The summed E-state index contributed by atoms with van der Waals surface area (Å²) in [5.41, 5.74) is 1.99. The highest BCUT2D eigenvalue weighted by Crippen LogP contribution is 2.23. The van der Waals surface area contributed by atoms with Crippen LogP contribution in [0.25, 0.3) is 0 Å². The number of likely N-dealkylation sites (N-methyl/N-ethyl adjacent to an activating group) is 1. The lowest BCUT2D eigenvalue weighted by atomic mass is 9.96. The van der Waals surface area contributed by atoms with Crippen LogP contribution in [0.1, 0.15) is 43.4 Å². The predicted octanol–water partition coefficient (Wildman–Crippen LogP) is 3.76. The number of hydrogen-bond acceptors (Lipinski definition) is 2.